The van der Waals surface area contributed by atoms with Gasteiger partial charge in [-0.2, -0.15) is 13.2 Å². The molecule has 1 amide bonds. The van der Waals surface area contributed by atoms with Crippen LogP contribution in [0.25, 0.3) is 0 Å². The number of hydrogen-bond donors (Lipinski definition) is 2. The van der Waals surface area contributed by atoms with Gasteiger partial charge in [0.15, 0.2) is 5.69 Å². The first kappa shape index (κ1) is 16.1. The van der Waals surface area contributed by atoms with E-state index in [9.17, 15) is 22.8 Å². The summed E-state index contributed by atoms with van der Waals surface area (Å²) in [6.07, 6.45) is -4.05. The van der Waals surface area contributed by atoms with E-state index in [4.69, 9.17) is 5.11 Å². The lowest BCUT2D eigenvalue weighted by molar-refractivity contribution is -0.140. The number of rotatable bonds is 4. The van der Waals surface area contributed by atoms with Crippen LogP contribution in [0.4, 0.5) is 19.0 Å². The molecule has 2 heterocycles. The summed E-state index contributed by atoms with van der Waals surface area (Å²) in [5.74, 6) is -2.00. The van der Waals surface area contributed by atoms with E-state index in [0.29, 0.717) is 18.8 Å². The van der Waals surface area contributed by atoms with Crippen molar-refractivity contribution in [2.75, 3.05) is 24.5 Å². The second-order valence-corrected chi connectivity index (χ2v) is 4.95. The van der Waals surface area contributed by atoms with Gasteiger partial charge in [0.1, 0.15) is 12.4 Å². The third-order valence-corrected chi connectivity index (χ3v) is 3.30. The van der Waals surface area contributed by atoms with E-state index < -0.39 is 30.5 Å². The van der Waals surface area contributed by atoms with Crippen LogP contribution in [0.5, 0.6) is 0 Å². The molecular formula is C13H14F3N3O3. The first-order valence-corrected chi connectivity index (χ1v) is 6.56. The predicted molar refractivity (Wildman–Crippen MR) is 70.6 cm³/mol. The molecular weight excluding hydrogens is 303 g/mol. The summed E-state index contributed by atoms with van der Waals surface area (Å²) >= 11 is 0. The third kappa shape index (κ3) is 4.09. The Morgan fingerprint density at radius 2 is 2.14 bits per heavy atom. The number of nitrogens with one attached hydrogen (secondary N) is 1. The summed E-state index contributed by atoms with van der Waals surface area (Å²) in [5.41, 5.74) is -0.123. The summed E-state index contributed by atoms with van der Waals surface area (Å²) in [5, 5.41) is 10.7. The number of carbonyl (C=O) groups is 2. The van der Waals surface area contributed by atoms with Gasteiger partial charge in [0.2, 0.25) is 5.91 Å². The van der Waals surface area contributed by atoms with Gasteiger partial charge in [0, 0.05) is 13.1 Å². The van der Waals surface area contributed by atoms with Crippen LogP contribution >= 0.6 is 0 Å². The fourth-order valence-electron chi connectivity index (χ4n) is 2.23. The number of anilines is 1. The van der Waals surface area contributed by atoms with E-state index in [-0.39, 0.29) is 12.2 Å². The molecule has 0 aliphatic carbocycles. The van der Waals surface area contributed by atoms with E-state index in [1.165, 1.54) is 12.1 Å². The highest BCUT2D eigenvalue weighted by Gasteiger charge is 2.33. The fourth-order valence-corrected chi connectivity index (χ4v) is 2.23. The normalized spacial score (nSPS) is 18.3. The van der Waals surface area contributed by atoms with Gasteiger partial charge in [-0.25, -0.2) is 9.78 Å². The minimum Gasteiger partial charge on any atom is -0.477 e. The lowest BCUT2D eigenvalue weighted by Gasteiger charge is -2.18. The van der Waals surface area contributed by atoms with E-state index >= 15 is 0 Å². The van der Waals surface area contributed by atoms with Gasteiger partial charge in [-0.15, -0.1) is 0 Å². The Morgan fingerprint density at radius 1 is 1.41 bits per heavy atom. The minimum atomic E-state index is -4.44. The van der Waals surface area contributed by atoms with Crippen LogP contribution in [0, 0.1) is 5.92 Å². The molecule has 9 heteroatoms. The van der Waals surface area contributed by atoms with Crippen LogP contribution in [-0.2, 0) is 4.79 Å². The van der Waals surface area contributed by atoms with Crippen molar-refractivity contribution in [1.82, 2.24) is 10.3 Å². The number of halogens is 3. The van der Waals surface area contributed by atoms with Gasteiger partial charge in [-0.1, -0.05) is 6.07 Å². The molecule has 1 fully saturated rings. The van der Waals surface area contributed by atoms with Crippen LogP contribution in [0.2, 0.25) is 0 Å². The Morgan fingerprint density at radius 3 is 2.77 bits per heavy atom. The van der Waals surface area contributed by atoms with E-state index in [1.807, 2.05) is 5.32 Å². The number of nitrogens with zero attached hydrogens (tertiary/aromatic N) is 2. The molecule has 1 aromatic heterocycles. The van der Waals surface area contributed by atoms with Gasteiger partial charge in [0.05, 0.1) is 5.92 Å². The summed E-state index contributed by atoms with van der Waals surface area (Å²) in [6.45, 7) is -0.713. The lowest BCUT2D eigenvalue weighted by atomic mass is 10.1. The number of pyridine rings is 1. The lowest BCUT2D eigenvalue weighted by Crippen LogP contribution is -2.38. The Balaban J connectivity index is 1.96. The van der Waals surface area contributed by atoms with E-state index in [0.717, 1.165) is 0 Å². The van der Waals surface area contributed by atoms with Crippen LogP contribution in [0.15, 0.2) is 18.2 Å². The number of hydrogen-bond acceptors (Lipinski definition) is 4. The van der Waals surface area contributed by atoms with Gasteiger partial charge in [-0.3, -0.25) is 4.79 Å². The zero-order valence-electron chi connectivity index (χ0n) is 11.4. The maximum atomic E-state index is 12.1. The predicted octanol–water partition coefficient (Wildman–Crippen LogP) is 1.28. The summed E-state index contributed by atoms with van der Waals surface area (Å²) < 4.78 is 36.2. The van der Waals surface area contributed by atoms with Crippen molar-refractivity contribution in [3.05, 3.63) is 23.9 Å². The molecule has 6 nitrogen and oxygen atoms in total. The van der Waals surface area contributed by atoms with E-state index in [2.05, 4.69) is 4.98 Å². The minimum absolute atomic E-state index is 0.123. The van der Waals surface area contributed by atoms with Gasteiger partial charge >= 0.3 is 12.1 Å². The Hall–Kier alpha value is -2.32. The largest absolute Gasteiger partial charge is 0.477 e. The second-order valence-electron chi connectivity index (χ2n) is 4.95. The molecule has 0 saturated carbocycles. The molecule has 0 aromatic carbocycles. The molecule has 1 aliphatic rings. The first-order valence-electron chi connectivity index (χ1n) is 6.56. The summed E-state index contributed by atoms with van der Waals surface area (Å²) in [7, 11) is 0. The topological polar surface area (TPSA) is 82.5 Å². The molecule has 1 unspecified atom stereocenters. The van der Waals surface area contributed by atoms with Crippen molar-refractivity contribution in [2.24, 2.45) is 5.92 Å². The van der Waals surface area contributed by atoms with E-state index in [1.54, 1.807) is 11.0 Å². The Labute approximate surface area is 123 Å². The molecule has 1 aliphatic heterocycles. The smallest absolute Gasteiger partial charge is 0.405 e. The highest BCUT2D eigenvalue weighted by molar-refractivity contribution is 5.85. The number of amides is 1. The Bertz CT molecular complexity index is 577. The van der Waals surface area contributed by atoms with Crippen molar-refractivity contribution in [1.29, 1.82) is 0 Å². The summed E-state index contributed by atoms with van der Waals surface area (Å²) in [4.78, 5) is 28.2. The highest BCUT2D eigenvalue weighted by atomic mass is 19.4. The molecule has 1 atom stereocenters. The molecule has 2 N–H and O–H groups in total. The monoisotopic (exact) mass is 317 g/mol. The Kier molecular flexibility index (Phi) is 4.53. The molecule has 2 rings (SSSR count). The zero-order chi connectivity index (χ0) is 16.3. The average Bonchev–Trinajstić information content (AvgIpc) is 2.94. The molecule has 0 bridgehead atoms. The van der Waals surface area contributed by atoms with Crippen molar-refractivity contribution >= 4 is 17.7 Å². The second kappa shape index (κ2) is 6.20. The molecule has 120 valence electrons. The maximum absolute atomic E-state index is 12.1. The SMILES string of the molecule is O=C(O)c1cccc(N2CCC(C(=O)NCC(F)(F)F)C2)n1. The highest BCUT2D eigenvalue weighted by Crippen LogP contribution is 2.23. The maximum Gasteiger partial charge on any atom is 0.405 e. The number of alkyl halides is 3. The van der Waals surface area contributed by atoms with Crippen molar-refractivity contribution < 1.29 is 27.9 Å². The third-order valence-electron chi connectivity index (χ3n) is 3.30. The first-order chi connectivity index (χ1) is 10.3. The molecule has 0 radical (unpaired) electrons. The van der Waals surface area contributed by atoms with Crippen molar-refractivity contribution in [2.45, 2.75) is 12.6 Å². The molecule has 1 aromatic rings. The molecule has 0 spiro atoms. The van der Waals surface area contributed by atoms with Gasteiger partial charge < -0.3 is 15.3 Å². The quantitative estimate of drug-likeness (QED) is 0.874. The number of carboxylic acid groups (broad SMARTS) is 1. The van der Waals surface area contributed by atoms with Crippen molar-refractivity contribution in [3.63, 3.8) is 0 Å². The van der Waals surface area contributed by atoms with Crippen molar-refractivity contribution in [3.8, 4) is 0 Å². The van der Waals surface area contributed by atoms with Gasteiger partial charge in [-0.05, 0) is 18.6 Å². The fraction of sp³-hybridized carbons (Fsp3) is 0.462. The van der Waals surface area contributed by atoms with Crippen LogP contribution in [0.3, 0.4) is 0 Å². The molecule has 1 saturated heterocycles. The zero-order valence-corrected chi connectivity index (χ0v) is 11.4. The number of aromatic carboxylic acids is 1. The average molecular weight is 317 g/mol. The van der Waals surface area contributed by atoms with Crippen LogP contribution < -0.4 is 10.2 Å². The standard InChI is InChI=1S/C13H14F3N3O3/c14-13(15,16)7-17-11(20)8-4-5-19(6-8)10-3-1-2-9(18-10)12(21)22/h1-3,8H,4-7H2,(H,17,20)(H,21,22). The van der Waals surface area contributed by atoms with Crippen LogP contribution in [0.1, 0.15) is 16.9 Å². The summed E-state index contributed by atoms with van der Waals surface area (Å²) in [6, 6.07) is 4.47. The molecule has 22 heavy (non-hydrogen) atoms. The number of carbonyl (C=O) groups excluding carboxylic acids is 1. The number of aromatic nitrogens is 1. The van der Waals surface area contributed by atoms with Crippen LogP contribution in [-0.4, -0.2) is 47.8 Å². The number of carboxylic acids is 1. The van der Waals surface area contributed by atoms with Gasteiger partial charge in [0.25, 0.3) is 0 Å².